The quantitative estimate of drug-likeness (QED) is 0.590. The lowest BCUT2D eigenvalue weighted by Crippen LogP contribution is -2.60. The molecule has 3 nitrogen and oxygen atoms in total. The normalized spacial score (nSPS) is 23.2. The number of rotatable bonds is 4. The van der Waals surface area contributed by atoms with E-state index in [9.17, 15) is 5.11 Å². The van der Waals surface area contributed by atoms with Crippen molar-refractivity contribution in [3.63, 3.8) is 0 Å². The number of nitrogens with zero attached hydrogens (tertiary/aromatic N) is 1. The minimum atomic E-state index is -0.438. The van der Waals surface area contributed by atoms with Gasteiger partial charge < -0.3 is 9.84 Å². The van der Waals surface area contributed by atoms with Gasteiger partial charge in [0.2, 0.25) is 0 Å². The lowest BCUT2D eigenvalue weighted by Gasteiger charge is -2.44. The fourth-order valence-corrected chi connectivity index (χ4v) is 1.41. The second-order valence-corrected chi connectivity index (χ2v) is 3.40. The van der Waals surface area contributed by atoms with Crippen LogP contribution in [-0.4, -0.2) is 48.5 Å². The second kappa shape index (κ2) is 3.52. The van der Waals surface area contributed by atoms with E-state index in [1.807, 2.05) is 13.8 Å². The third-order valence-electron chi connectivity index (χ3n) is 1.88. The van der Waals surface area contributed by atoms with Crippen molar-refractivity contribution in [3.05, 3.63) is 0 Å². The molecule has 0 aliphatic carbocycles. The van der Waals surface area contributed by atoms with Gasteiger partial charge in [-0.15, -0.1) is 0 Å². The summed E-state index contributed by atoms with van der Waals surface area (Å²) in [5.74, 6) is 0. The SMILES string of the molecule is CCOCCN1CC(C)(O)C1. The molecule has 3 heteroatoms. The summed E-state index contributed by atoms with van der Waals surface area (Å²) in [6.07, 6.45) is 0. The molecular formula is C8H17NO2. The van der Waals surface area contributed by atoms with Crippen molar-refractivity contribution in [2.24, 2.45) is 0 Å². The van der Waals surface area contributed by atoms with Crippen LogP contribution in [0.25, 0.3) is 0 Å². The van der Waals surface area contributed by atoms with Gasteiger partial charge in [0.1, 0.15) is 0 Å². The summed E-state index contributed by atoms with van der Waals surface area (Å²) in [6.45, 7) is 7.96. The molecule has 0 aromatic rings. The Balaban J connectivity index is 1.96. The Labute approximate surface area is 68.0 Å². The molecule has 1 saturated heterocycles. The molecule has 0 radical (unpaired) electrons. The minimum Gasteiger partial charge on any atom is -0.388 e. The van der Waals surface area contributed by atoms with Gasteiger partial charge in [0.05, 0.1) is 12.2 Å². The lowest BCUT2D eigenvalue weighted by atomic mass is 9.97. The Morgan fingerprint density at radius 1 is 1.55 bits per heavy atom. The van der Waals surface area contributed by atoms with Crippen LogP contribution in [0.15, 0.2) is 0 Å². The van der Waals surface area contributed by atoms with E-state index >= 15 is 0 Å². The summed E-state index contributed by atoms with van der Waals surface area (Å²) in [4.78, 5) is 2.19. The molecule has 11 heavy (non-hydrogen) atoms. The molecule has 0 atom stereocenters. The van der Waals surface area contributed by atoms with Crippen LogP contribution in [0, 0.1) is 0 Å². The van der Waals surface area contributed by atoms with Gasteiger partial charge in [0.15, 0.2) is 0 Å². The molecule has 1 aliphatic heterocycles. The number of likely N-dealkylation sites (tertiary alicyclic amines) is 1. The summed E-state index contributed by atoms with van der Waals surface area (Å²) in [5.41, 5.74) is -0.438. The lowest BCUT2D eigenvalue weighted by molar-refractivity contribution is -0.0897. The van der Waals surface area contributed by atoms with Gasteiger partial charge in [0, 0.05) is 26.2 Å². The van der Waals surface area contributed by atoms with Crippen molar-refractivity contribution in [3.8, 4) is 0 Å². The van der Waals surface area contributed by atoms with Crippen molar-refractivity contribution >= 4 is 0 Å². The van der Waals surface area contributed by atoms with Gasteiger partial charge >= 0.3 is 0 Å². The molecule has 1 aliphatic rings. The van der Waals surface area contributed by atoms with Gasteiger partial charge in [-0.2, -0.15) is 0 Å². The molecule has 1 heterocycles. The van der Waals surface area contributed by atoms with Crippen LogP contribution in [0.3, 0.4) is 0 Å². The standard InChI is InChI=1S/C8H17NO2/c1-3-11-5-4-9-6-8(2,10)7-9/h10H,3-7H2,1-2H3. The number of β-amino-alcohol motifs (C(OH)–C–C–N with tert-alkyl or cyclic N) is 1. The molecule has 0 spiro atoms. The fourth-order valence-electron chi connectivity index (χ4n) is 1.41. The Morgan fingerprint density at radius 3 is 2.64 bits per heavy atom. The maximum atomic E-state index is 9.36. The highest BCUT2D eigenvalue weighted by Crippen LogP contribution is 2.18. The maximum Gasteiger partial charge on any atom is 0.0872 e. The summed E-state index contributed by atoms with van der Waals surface area (Å²) in [5, 5.41) is 9.36. The molecule has 0 aromatic carbocycles. The molecule has 0 bridgehead atoms. The predicted octanol–water partition coefficient (Wildman–Crippen LogP) is 0.0895. The van der Waals surface area contributed by atoms with Crippen molar-refractivity contribution < 1.29 is 9.84 Å². The molecule has 1 rings (SSSR count). The van der Waals surface area contributed by atoms with Crippen LogP contribution in [0.5, 0.6) is 0 Å². The van der Waals surface area contributed by atoms with Gasteiger partial charge in [-0.25, -0.2) is 0 Å². The van der Waals surface area contributed by atoms with Crippen molar-refractivity contribution in [1.82, 2.24) is 4.90 Å². The number of hydrogen-bond donors (Lipinski definition) is 1. The van der Waals surface area contributed by atoms with Crippen LogP contribution in [0.1, 0.15) is 13.8 Å². The van der Waals surface area contributed by atoms with Crippen molar-refractivity contribution in [2.45, 2.75) is 19.4 Å². The van der Waals surface area contributed by atoms with Crippen molar-refractivity contribution in [2.75, 3.05) is 32.8 Å². The average molecular weight is 159 g/mol. The molecular weight excluding hydrogens is 142 g/mol. The summed E-state index contributed by atoms with van der Waals surface area (Å²) in [6, 6.07) is 0. The molecule has 0 aromatic heterocycles. The Kier molecular flexibility index (Phi) is 2.87. The zero-order valence-electron chi connectivity index (χ0n) is 7.34. The first-order chi connectivity index (χ1) is 5.14. The Hall–Kier alpha value is -0.120. The monoisotopic (exact) mass is 159 g/mol. The van der Waals surface area contributed by atoms with E-state index in [0.717, 1.165) is 32.8 Å². The van der Waals surface area contributed by atoms with Crippen molar-refractivity contribution in [1.29, 1.82) is 0 Å². The largest absolute Gasteiger partial charge is 0.388 e. The van der Waals surface area contributed by atoms with E-state index in [2.05, 4.69) is 4.90 Å². The summed E-state index contributed by atoms with van der Waals surface area (Å²) >= 11 is 0. The Morgan fingerprint density at radius 2 is 2.18 bits per heavy atom. The smallest absolute Gasteiger partial charge is 0.0872 e. The van der Waals surface area contributed by atoms with Gasteiger partial charge in [-0.05, 0) is 13.8 Å². The fraction of sp³-hybridized carbons (Fsp3) is 1.00. The topological polar surface area (TPSA) is 32.7 Å². The maximum absolute atomic E-state index is 9.36. The Bertz CT molecular complexity index is 117. The van der Waals surface area contributed by atoms with Crippen LogP contribution >= 0.6 is 0 Å². The highest BCUT2D eigenvalue weighted by molar-refractivity contribution is 4.90. The first-order valence-corrected chi connectivity index (χ1v) is 4.16. The van der Waals surface area contributed by atoms with E-state index < -0.39 is 5.60 Å². The molecule has 1 N–H and O–H groups in total. The van der Waals surface area contributed by atoms with Gasteiger partial charge in [-0.3, -0.25) is 4.90 Å². The van der Waals surface area contributed by atoms with E-state index in [1.165, 1.54) is 0 Å². The third-order valence-corrected chi connectivity index (χ3v) is 1.88. The van der Waals surface area contributed by atoms with Crippen LogP contribution in [0.2, 0.25) is 0 Å². The predicted molar refractivity (Wildman–Crippen MR) is 43.6 cm³/mol. The number of aliphatic hydroxyl groups is 1. The highest BCUT2D eigenvalue weighted by Gasteiger charge is 2.35. The number of ether oxygens (including phenoxy) is 1. The molecule has 66 valence electrons. The zero-order valence-corrected chi connectivity index (χ0v) is 7.34. The first kappa shape index (κ1) is 8.97. The molecule has 1 fully saturated rings. The molecule has 0 saturated carbocycles. The van der Waals surface area contributed by atoms with Crippen LogP contribution in [0.4, 0.5) is 0 Å². The van der Waals surface area contributed by atoms with E-state index in [4.69, 9.17) is 4.74 Å². The second-order valence-electron chi connectivity index (χ2n) is 3.40. The summed E-state index contributed by atoms with van der Waals surface area (Å²) in [7, 11) is 0. The average Bonchev–Trinajstić information content (AvgIpc) is 1.84. The third kappa shape index (κ3) is 2.77. The van der Waals surface area contributed by atoms with E-state index in [-0.39, 0.29) is 0 Å². The van der Waals surface area contributed by atoms with E-state index in [1.54, 1.807) is 0 Å². The van der Waals surface area contributed by atoms with E-state index in [0.29, 0.717) is 0 Å². The number of hydrogen-bond acceptors (Lipinski definition) is 3. The summed E-state index contributed by atoms with van der Waals surface area (Å²) < 4.78 is 5.18. The highest BCUT2D eigenvalue weighted by atomic mass is 16.5. The first-order valence-electron chi connectivity index (χ1n) is 4.16. The molecule has 0 amide bonds. The zero-order chi connectivity index (χ0) is 8.32. The minimum absolute atomic E-state index is 0.438. The van der Waals surface area contributed by atoms with Crippen LogP contribution in [-0.2, 0) is 4.74 Å². The van der Waals surface area contributed by atoms with Gasteiger partial charge in [0.25, 0.3) is 0 Å². The van der Waals surface area contributed by atoms with Crippen LogP contribution < -0.4 is 0 Å². The van der Waals surface area contributed by atoms with Gasteiger partial charge in [-0.1, -0.05) is 0 Å². The molecule has 0 unspecified atom stereocenters.